The SMILES string of the molecule is C=CCOc1ccc([C@@H]2C(=C(O)c3ccc(OC)cc3)C(=O)C(=O)N2c2nnc(C)s2)cc1. The number of carbonyl (C=O) groups excluding carboxylic acids is 2. The average Bonchev–Trinajstić information content (AvgIpc) is 3.38. The van der Waals surface area contributed by atoms with Gasteiger partial charge < -0.3 is 14.6 Å². The molecule has 3 aromatic rings. The fourth-order valence-electron chi connectivity index (χ4n) is 3.53. The van der Waals surface area contributed by atoms with E-state index in [9.17, 15) is 14.7 Å². The molecule has 2 aromatic carbocycles. The number of ketones is 1. The molecule has 1 saturated heterocycles. The van der Waals surface area contributed by atoms with Crippen LogP contribution in [-0.4, -0.2) is 40.7 Å². The summed E-state index contributed by atoms with van der Waals surface area (Å²) >= 11 is 1.19. The summed E-state index contributed by atoms with van der Waals surface area (Å²) < 4.78 is 10.7. The molecule has 0 aliphatic carbocycles. The van der Waals surface area contributed by atoms with Gasteiger partial charge in [0.15, 0.2) is 0 Å². The van der Waals surface area contributed by atoms with Crippen LogP contribution < -0.4 is 14.4 Å². The molecule has 0 unspecified atom stereocenters. The molecule has 0 saturated carbocycles. The molecule has 9 heteroatoms. The maximum absolute atomic E-state index is 13.1. The van der Waals surface area contributed by atoms with Crippen molar-refractivity contribution in [2.24, 2.45) is 0 Å². The second-order valence-electron chi connectivity index (χ2n) is 7.17. The molecule has 0 radical (unpaired) electrons. The van der Waals surface area contributed by atoms with Gasteiger partial charge in [-0.05, 0) is 48.9 Å². The van der Waals surface area contributed by atoms with Gasteiger partial charge in [-0.15, -0.1) is 10.2 Å². The summed E-state index contributed by atoms with van der Waals surface area (Å²) in [6.45, 7) is 5.73. The predicted octanol–water partition coefficient (Wildman–Crippen LogP) is 4.05. The van der Waals surface area contributed by atoms with Crippen LogP contribution in [0.4, 0.5) is 5.13 Å². The number of aliphatic hydroxyl groups is 1. The number of rotatable bonds is 7. The number of hydrogen-bond donors (Lipinski definition) is 1. The molecular formula is C24H21N3O5S. The third-order valence-electron chi connectivity index (χ3n) is 5.09. The second kappa shape index (κ2) is 9.25. The van der Waals surface area contributed by atoms with Crippen LogP contribution >= 0.6 is 11.3 Å². The van der Waals surface area contributed by atoms with E-state index in [-0.39, 0.29) is 16.5 Å². The molecule has 1 aliphatic heterocycles. The Hall–Kier alpha value is -3.98. The van der Waals surface area contributed by atoms with Crippen LogP contribution in [0.3, 0.4) is 0 Å². The van der Waals surface area contributed by atoms with Gasteiger partial charge in [0, 0.05) is 5.56 Å². The zero-order valence-electron chi connectivity index (χ0n) is 18.0. The lowest BCUT2D eigenvalue weighted by atomic mass is 9.95. The Labute approximate surface area is 194 Å². The lowest BCUT2D eigenvalue weighted by Gasteiger charge is -2.22. The van der Waals surface area contributed by atoms with Crippen molar-refractivity contribution in [3.05, 3.63) is 82.9 Å². The molecule has 8 nitrogen and oxygen atoms in total. The van der Waals surface area contributed by atoms with E-state index in [2.05, 4.69) is 16.8 Å². The molecule has 168 valence electrons. The van der Waals surface area contributed by atoms with Crippen LogP contribution in [0, 0.1) is 6.92 Å². The van der Waals surface area contributed by atoms with Crippen LogP contribution in [0.1, 0.15) is 22.2 Å². The summed E-state index contributed by atoms with van der Waals surface area (Å²) in [5, 5.41) is 20.1. The normalized spacial score (nSPS) is 17.3. The van der Waals surface area contributed by atoms with Gasteiger partial charge in [-0.25, -0.2) is 0 Å². The van der Waals surface area contributed by atoms with Crippen LogP contribution in [-0.2, 0) is 9.59 Å². The first-order valence-electron chi connectivity index (χ1n) is 10.0. The fourth-order valence-corrected chi connectivity index (χ4v) is 4.25. The highest BCUT2D eigenvalue weighted by molar-refractivity contribution is 7.15. The second-order valence-corrected chi connectivity index (χ2v) is 8.33. The summed E-state index contributed by atoms with van der Waals surface area (Å²) in [5.74, 6) is -0.649. The third-order valence-corrected chi connectivity index (χ3v) is 5.93. The molecule has 33 heavy (non-hydrogen) atoms. The maximum Gasteiger partial charge on any atom is 0.301 e. The van der Waals surface area contributed by atoms with Gasteiger partial charge in [-0.3, -0.25) is 14.5 Å². The minimum atomic E-state index is -0.882. The highest BCUT2D eigenvalue weighted by atomic mass is 32.1. The van der Waals surface area contributed by atoms with E-state index >= 15 is 0 Å². The Balaban J connectivity index is 1.85. The van der Waals surface area contributed by atoms with E-state index in [1.165, 1.54) is 23.3 Å². The van der Waals surface area contributed by atoms with E-state index in [1.54, 1.807) is 61.5 Å². The first-order chi connectivity index (χ1) is 15.9. The van der Waals surface area contributed by atoms with Crippen molar-refractivity contribution in [2.75, 3.05) is 18.6 Å². The number of hydrogen-bond acceptors (Lipinski definition) is 8. The molecule has 0 spiro atoms. The first-order valence-corrected chi connectivity index (χ1v) is 10.9. The minimum absolute atomic E-state index is 0.0298. The van der Waals surface area contributed by atoms with Crippen molar-refractivity contribution in [3.63, 3.8) is 0 Å². The lowest BCUT2D eigenvalue weighted by Crippen LogP contribution is -2.29. The molecule has 0 bridgehead atoms. The number of benzene rings is 2. The van der Waals surface area contributed by atoms with Crippen molar-refractivity contribution >= 4 is 33.9 Å². The minimum Gasteiger partial charge on any atom is -0.507 e. The number of aromatic nitrogens is 2. The largest absolute Gasteiger partial charge is 0.507 e. The molecule has 1 N–H and O–H groups in total. The Bertz CT molecular complexity index is 1230. The van der Waals surface area contributed by atoms with Gasteiger partial charge >= 0.3 is 5.91 Å². The summed E-state index contributed by atoms with van der Waals surface area (Å²) in [4.78, 5) is 27.5. The fraction of sp³-hybridized carbons (Fsp3) is 0.167. The van der Waals surface area contributed by atoms with E-state index in [0.29, 0.717) is 34.2 Å². The van der Waals surface area contributed by atoms with E-state index in [1.807, 2.05) is 0 Å². The molecule has 1 fully saturated rings. The van der Waals surface area contributed by atoms with Gasteiger partial charge in [0.1, 0.15) is 28.9 Å². The number of carbonyl (C=O) groups is 2. The van der Waals surface area contributed by atoms with Crippen LogP contribution in [0.15, 0.2) is 66.8 Å². The van der Waals surface area contributed by atoms with Gasteiger partial charge in [-0.1, -0.05) is 36.1 Å². The molecule has 1 amide bonds. The van der Waals surface area contributed by atoms with Gasteiger partial charge in [-0.2, -0.15) is 0 Å². The van der Waals surface area contributed by atoms with Crippen molar-refractivity contribution in [2.45, 2.75) is 13.0 Å². The van der Waals surface area contributed by atoms with Crippen molar-refractivity contribution in [1.29, 1.82) is 0 Å². The Morgan fingerprint density at radius 3 is 2.36 bits per heavy atom. The molecule has 1 aliphatic rings. The third kappa shape index (κ3) is 4.22. The van der Waals surface area contributed by atoms with E-state index in [0.717, 1.165) is 0 Å². The van der Waals surface area contributed by atoms with Gasteiger partial charge in [0.05, 0.1) is 18.7 Å². The predicted molar refractivity (Wildman–Crippen MR) is 125 cm³/mol. The number of anilines is 1. The zero-order valence-corrected chi connectivity index (χ0v) is 18.8. The standard InChI is InChI=1S/C24H21N3O5S/c1-4-13-32-18-11-5-15(6-12-18)20-19(21(28)16-7-9-17(31-3)10-8-16)22(29)23(30)27(20)24-26-25-14(2)33-24/h4-12,20,28H,1,13H2,2-3H3/t20-/m1/s1. The number of ether oxygens (including phenoxy) is 2. The quantitative estimate of drug-likeness (QED) is 0.244. The van der Waals surface area contributed by atoms with Gasteiger partial charge in [0.2, 0.25) is 5.13 Å². The van der Waals surface area contributed by atoms with E-state index < -0.39 is 17.7 Å². The van der Waals surface area contributed by atoms with Gasteiger partial charge in [0.25, 0.3) is 5.78 Å². The maximum atomic E-state index is 13.1. The topological polar surface area (TPSA) is 102 Å². The number of amides is 1. The Morgan fingerprint density at radius 2 is 1.79 bits per heavy atom. The smallest absolute Gasteiger partial charge is 0.301 e. The van der Waals surface area contributed by atoms with Crippen LogP contribution in [0.25, 0.3) is 5.76 Å². The summed E-state index contributed by atoms with van der Waals surface area (Å²) in [6.07, 6.45) is 1.63. The average molecular weight is 464 g/mol. The summed E-state index contributed by atoms with van der Waals surface area (Å²) in [5.41, 5.74) is 0.971. The number of nitrogens with zero attached hydrogens (tertiary/aromatic N) is 3. The Kier molecular flexibility index (Phi) is 6.23. The number of Topliss-reactive ketones (excluding diaryl/α,β-unsaturated/α-hetero) is 1. The van der Waals surface area contributed by atoms with Crippen molar-refractivity contribution in [3.8, 4) is 11.5 Å². The monoisotopic (exact) mass is 463 g/mol. The Morgan fingerprint density at radius 1 is 1.12 bits per heavy atom. The number of aryl methyl sites for hydroxylation is 1. The van der Waals surface area contributed by atoms with Crippen molar-refractivity contribution in [1.82, 2.24) is 10.2 Å². The van der Waals surface area contributed by atoms with Crippen molar-refractivity contribution < 1.29 is 24.2 Å². The van der Waals surface area contributed by atoms with Crippen LogP contribution in [0.2, 0.25) is 0 Å². The van der Waals surface area contributed by atoms with Crippen LogP contribution in [0.5, 0.6) is 11.5 Å². The summed E-state index contributed by atoms with van der Waals surface area (Å²) in [6, 6.07) is 12.7. The summed E-state index contributed by atoms with van der Waals surface area (Å²) in [7, 11) is 1.53. The lowest BCUT2D eigenvalue weighted by molar-refractivity contribution is -0.132. The molecule has 1 atom stereocenters. The molecule has 4 rings (SSSR count). The molecule has 1 aromatic heterocycles. The first kappa shape index (κ1) is 22.2. The molecular weight excluding hydrogens is 442 g/mol. The zero-order chi connectivity index (χ0) is 23.5. The number of methoxy groups -OCH3 is 1. The molecule has 2 heterocycles. The van der Waals surface area contributed by atoms with E-state index in [4.69, 9.17) is 9.47 Å². The highest BCUT2D eigenvalue weighted by Gasteiger charge is 2.48. The number of aliphatic hydroxyl groups excluding tert-OH is 1. The highest BCUT2D eigenvalue weighted by Crippen LogP contribution is 2.43.